The Morgan fingerprint density at radius 1 is 1.28 bits per heavy atom. The molecular weight excluding hydrogens is 333 g/mol. The first-order chi connectivity index (χ1) is 11.9. The summed E-state index contributed by atoms with van der Waals surface area (Å²) in [6, 6.07) is 6.52. The third kappa shape index (κ3) is 2.79. The molecular formula is C20H24FN3S. The number of thiazole rings is 1. The third-order valence-corrected chi connectivity index (χ3v) is 6.55. The summed E-state index contributed by atoms with van der Waals surface area (Å²) < 4.78 is 15.5. The smallest absolute Gasteiger partial charge is 0.194 e. The molecule has 1 aliphatic rings. The number of aromatic nitrogens is 2. The van der Waals surface area contributed by atoms with E-state index in [1.807, 2.05) is 0 Å². The van der Waals surface area contributed by atoms with Gasteiger partial charge in [-0.25, -0.2) is 9.37 Å². The summed E-state index contributed by atoms with van der Waals surface area (Å²) in [5, 5.41) is 0. The van der Waals surface area contributed by atoms with Crippen LogP contribution in [0.15, 0.2) is 24.3 Å². The molecule has 0 bridgehead atoms. The standard InChI is InChI=1S/C20H24FN3S/c1-20(2,3)13-6-9-15-17(10-13)25-19-23-18(16(11-22)24(15)19)12-4-7-14(21)8-5-12/h4-5,7-8,13H,6,9-11,22H2,1-3H3. The van der Waals surface area contributed by atoms with Gasteiger partial charge in [0, 0.05) is 22.7 Å². The van der Waals surface area contributed by atoms with Crippen LogP contribution in [-0.4, -0.2) is 9.38 Å². The molecule has 25 heavy (non-hydrogen) atoms. The van der Waals surface area contributed by atoms with Crippen molar-refractivity contribution in [1.29, 1.82) is 0 Å². The van der Waals surface area contributed by atoms with E-state index in [2.05, 4.69) is 25.2 Å². The number of fused-ring (bicyclic) bond motifs is 3. The summed E-state index contributed by atoms with van der Waals surface area (Å²) in [6.07, 6.45) is 3.41. The van der Waals surface area contributed by atoms with Crippen LogP contribution in [0.1, 0.15) is 43.5 Å². The molecule has 132 valence electrons. The first kappa shape index (κ1) is 16.7. The molecule has 1 aromatic carbocycles. The van der Waals surface area contributed by atoms with Crippen molar-refractivity contribution in [2.45, 2.75) is 46.6 Å². The van der Waals surface area contributed by atoms with Crippen LogP contribution in [-0.2, 0) is 19.4 Å². The molecule has 0 fully saturated rings. The van der Waals surface area contributed by atoms with Crippen molar-refractivity contribution in [2.75, 3.05) is 0 Å². The topological polar surface area (TPSA) is 43.3 Å². The van der Waals surface area contributed by atoms with E-state index in [9.17, 15) is 4.39 Å². The zero-order chi connectivity index (χ0) is 17.8. The van der Waals surface area contributed by atoms with Crippen LogP contribution in [0.3, 0.4) is 0 Å². The highest BCUT2D eigenvalue weighted by Crippen LogP contribution is 2.41. The lowest BCUT2D eigenvalue weighted by Gasteiger charge is -2.33. The minimum absolute atomic E-state index is 0.232. The van der Waals surface area contributed by atoms with E-state index >= 15 is 0 Å². The first-order valence-electron chi connectivity index (χ1n) is 8.86. The number of halogens is 1. The number of benzene rings is 1. The Morgan fingerprint density at radius 3 is 2.64 bits per heavy atom. The molecule has 0 radical (unpaired) electrons. The normalized spacial score (nSPS) is 17.9. The number of hydrogen-bond donors (Lipinski definition) is 1. The van der Waals surface area contributed by atoms with Gasteiger partial charge in [0.05, 0.1) is 11.4 Å². The van der Waals surface area contributed by atoms with Crippen molar-refractivity contribution in [2.24, 2.45) is 17.1 Å². The van der Waals surface area contributed by atoms with E-state index in [1.54, 1.807) is 23.5 Å². The lowest BCUT2D eigenvalue weighted by Crippen LogP contribution is -2.26. The zero-order valence-electron chi connectivity index (χ0n) is 15.0. The molecule has 2 N–H and O–H groups in total. The number of rotatable bonds is 2. The van der Waals surface area contributed by atoms with E-state index in [-0.39, 0.29) is 5.82 Å². The number of nitrogens with two attached hydrogens (primary N) is 1. The molecule has 1 atom stereocenters. The summed E-state index contributed by atoms with van der Waals surface area (Å²) in [6.45, 7) is 7.43. The lowest BCUT2D eigenvalue weighted by molar-refractivity contribution is 0.216. The van der Waals surface area contributed by atoms with E-state index in [0.717, 1.165) is 34.8 Å². The average Bonchev–Trinajstić information content (AvgIpc) is 3.09. The van der Waals surface area contributed by atoms with E-state index in [1.165, 1.54) is 29.1 Å². The van der Waals surface area contributed by atoms with Gasteiger partial charge in [-0.15, -0.1) is 11.3 Å². The van der Waals surface area contributed by atoms with Crippen molar-refractivity contribution in [3.63, 3.8) is 0 Å². The predicted molar refractivity (Wildman–Crippen MR) is 101 cm³/mol. The molecule has 1 unspecified atom stereocenters. The predicted octanol–water partition coefficient (Wildman–Crippen LogP) is 4.81. The van der Waals surface area contributed by atoms with E-state index in [4.69, 9.17) is 10.7 Å². The molecule has 3 nitrogen and oxygen atoms in total. The van der Waals surface area contributed by atoms with Gasteiger partial charge in [0.1, 0.15) is 5.82 Å². The highest BCUT2D eigenvalue weighted by Gasteiger charge is 2.32. The maximum atomic E-state index is 13.2. The summed E-state index contributed by atoms with van der Waals surface area (Å²) in [5.41, 5.74) is 10.6. The highest BCUT2D eigenvalue weighted by molar-refractivity contribution is 7.17. The maximum Gasteiger partial charge on any atom is 0.194 e. The van der Waals surface area contributed by atoms with Crippen molar-refractivity contribution >= 4 is 16.3 Å². The summed E-state index contributed by atoms with van der Waals surface area (Å²) in [5.74, 6) is 0.478. The van der Waals surface area contributed by atoms with Crippen LogP contribution in [0.2, 0.25) is 0 Å². The van der Waals surface area contributed by atoms with E-state index < -0.39 is 0 Å². The average molecular weight is 357 g/mol. The Bertz CT molecular complexity index is 915. The fraction of sp³-hybridized carbons (Fsp3) is 0.450. The second-order valence-corrected chi connectivity index (χ2v) is 9.08. The van der Waals surface area contributed by atoms with Crippen LogP contribution >= 0.6 is 11.3 Å². The number of imidazole rings is 1. The van der Waals surface area contributed by atoms with Crippen LogP contribution in [0.25, 0.3) is 16.2 Å². The second-order valence-electron chi connectivity index (χ2n) is 8.01. The SMILES string of the molecule is CC(C)(C)C1CCc2c(sc3nc(-c4ccc(F)cc4)c(CN)n23)C1. The quantitative estimate of drug-likeness (QED) is 0.715. The van der Waals surface area contributed by atoms with Crippen molar-refractivity contribution in [3.05, 3.63) is 46.3 Å². The number of hydrogen-bond acceptors (Lipinski definition) is 3. The van der Waals surface area contributed by atoms with Gasteiger partial charge in [0.15, 0.2) is 4.96 Å². The minimum atomic E-state index is -0.232. The van der Waals surface area contributed by atoms with Crippen LogP contribution in [0.5, 0.6) is 0 Å². The molecule has 5 heteroatoms. The Hall–Kier alpha value is -1.72. The highest BCUT2D eigenvalue weighted by atomic mass is 32.1. The van der Waals surface area contributed by atoms with Crippen LogP contribution < -0.4 is 5.73 Å². The Labute approximate surface area is 151 Å². The number of aryl methyl sites for hydroxylation is 1. The first-order valence-corrected chi connectivity index (χ1v) is 9.68. The largest absolute Gasteiger partial charge is 0.325 e. The summed E-state index contributed by atoms with van der Waals surface area (Å²) in [7, 11) is 0. The molecule has 2 aromatic heterocycles. The molecule has 4 rings (SSSR count). The van der Waals surface area contributed by atoms with E-state index in [0.29, 0.717) is 17.9 Å². The minimum Gasteiger partial charge on any atom is -0.325 e. The Morgan fingerprint density at radius 2 is 2.00 bits per heavy atom. The Kier molecular flexibility index (Phi) is 3.96. The molecule has 0 aliphatic heterocycles. The van der Waals surface area contributed by atoms with Crippen LogP contribution in [0.4, 0.5) is 4.39 Å². The Balaban J connectivity index is 1.81. The summed E-state index contributed by atoms with van der Waals surface area (Å²) in [4.78, 5) is 7.32. The maximum absolute atomic E-state index is 13.2. The molecule has 0 amide bonds. The third-order valence-electron chi connectivity index (χ3n) is 5.45. The molecule has 2 heterocycles. The zero-order valence-corrected chi connectivity index (χ0v) is 15.8. The van der Waals surface area contributed by atoms with Gasteiger partial charge in [-0.1, -0.05) is 20.8 Å². The van der Waals surface area contributed by atoms with Gasteiger partial charge in [-0.3, -0.25) is 4.40 Å². The molecule has 0 saturated carbocycles. The molecule has 0 spiro atoms. The fourth-order valence-corrected chi connectivity index (χ4v) is 5.15. The molecule has 0 saturated heterocycles. The van der Waals surface area contributed by atoms with Crippen molar-refractivity contribution in [1.82, 2.24) is 9.38 Å². The molecule has 1 aliphatic carbocycles. The number of nitrogens with zero attached hydrogens (tertiary/aromatic N) is 2. The lowest BCUT2D eigenvalue weighted by atomic mass is 9.73. The fourth-order valence-electron chi connectivity index (χ4n) is 3.89. The second kappa shape index (κ2) is 5.92. The van der Waals surface area contributed by atoms with Gasteiger partial charge in [0.2, 0.25) is 0 Å². The van der Waals surface area contributed by atoms with Gasteiger partial charge >= 0.3 is 0 Å². The molecule has 3 aromatic rings. The summed E-state index contributed by atoms with van der Waals surface area (Å²) >= 11 is 1.79. The van der Waals surface area contributed by atoms with Gasteiger partial charge < -0.3 is 5.73 Å². The van der Waals surface area contributed by atoms with Crippen molar-refractivity contribution in [3.8, 4) is 11.3 Å². The van der Waals surface area contributed by atoms with Gasteiger partial charge in [-0.05, 0) is 54.9 Å². The van der Waals surface area contributed by atoms with Crippen molar-refractivity contribution < 1.29 is 4.39 Å². The van der Waals surface area contributed by atoms with Crippen LogP contribution in [0, 0.1) is 17.2 Å². The monoisotopic (exact) mass is 357 g/mol. The van der Waals surface area contributed by atoms with Gasteiger partial charge in [0.25, 0.3) is 0 Å². The van der Waals surface area contributed by atoms with Gasteiger partial charge in [-0.2, -0.15) is 0 Å².